The lowest BCUT2D eigenvalue weighted by molar-refractivity contribution is -0.118. The molecule has 0 spiro atoms. The van der Waals surface area contributed by atoms with Crippen LogP contribution in [0.4, 0.5) is 4.79 Å². The number of hydrogen-bond acceptors (Lipinski definition) is 3. The van der Waals surface area contributed by atoms with E-state index in [0.717, 1.165) is 6.42 Å². The zero-order valence-electron chi connectivity index (χ0n) is 8.50. The maximum Gasteiger partial charge on any atom is 0.315 e. The van der Waals surface area contributed by atoms with E-state index >= 15 is 0 Å². The molecule has 1 aliphatic heterocycles. The monoisotopic (exact) mass is 200 g/mol. The number of amides is 2. The van der Waals surface area contributed by atoms with Gasteiger partial charge in [-0.05, 0) is 20.3 Å². The minimum Gasteiger partial charge on any atom is -0.379 e. The van der Waals surface area contributed by atoms with Gasteiger partial charge in [0, 0.05) is 6.61 Å². The summed E-state index contributed by atoms with van der Waals surface area (Å²) in [5, 5.41) is 5.29. The number of Topliss-reactive ketones (excluding diaryl/α,β-unsaturated/α-hetero) is 1. The van der Waals surface area contributed by atoms with Crippen LogP contribution in [0.2, 0.25) is 0 Å². The maximum absolute atomic E-state index is 11.3. The molecule has 14 heavy (non-hydrogen) atoms. The first kappa shape index (κ1) is 11.0. The molecule has 0 radical (unpaired) electrons. The van der Waals surface area contributed by atoms with Crippen LogP contribution in [0.5, 0.6) is 0 Å². The minimum absolute atomic E-state index is 0.0529. The maximum atomic E-state index is 11.3. The van der Waals surface area contributed by atoms with Gasteiger partial charge in [0.2, 0.25) is 0 Å². The third-order valence-corrected chi connectivity index (χ3v) is 2.22. The highest BCUT2D eigenvalue weighted by atomic mass is 16.5. The summed E-state index contributed by atoms with van der Waals surface area (Å²) in [6, 6.07) is -0.658. The van der Waals surface area contributed by atoms with Crippen LogP contribution in [0.15, 0.2) is 0 Å². The molecule has 2 amide bonds. The van der Waals surface area contributed by atoms with Gasteiger partial charge >= 0.3 is 6.03 Å². The fourth-order valence-electron chi connectivity index (χ4n) is 1.17. The summed E-state index contributed by atoms with van der Waals surface area (Å²) in [7, 11) is 0. The number of carbonyl (C=O) groups is 2. The van der Waals surface area contributed by atoms with Gasteiger partial charge in [0.25, 0.3) is 0 Å². The second-order valence-electron chi connectivity index (χ2n) is 3.51. The molecule has 2 N–H and O–H groups in total. The predicted octanol–water partition coefficient (Wildman–Crippen LogP) is 0.0520. The Labute approximate surface area is 83.2 Å². The Morgan fingerprint density at radius 1 is 1.50 bits per heavy atom. The SMILES string of the molecule is CC(=O)C(C)NC(=O)NC1CCOC1. The Bertz CT molecular complexity index is 224. The number of hydrogen-bond donors (Lipinski definition) is 2. The summed E-state index contributed by atoms with van der Waals surface area (Å²) < 4.78 is 5.10. The molecule has 5 nitrogen and oxygen atoms in total. The van der Waals surface area contributed by atoms with E-state index in [0.29, 0.717) is 13.2 Å². The van der Waals surface area contributed by atoms with Crippen LogP contribution in [0.1, 0.15) is 20.3 Å². The molecule has 1 rings (SSSR count). The van der Waals surface area contributed by atoms with Gasteiger partial charge in [-0.15, -0.1) is 0 Å². The Kier molecular flexibility index (Phi) is 3.88. The first-order valence-electron chi connectivity index (χ1n) is 4.75. The first-order chi connectivity index (χ1) is 6.59. The van der Waals surface area contributed by atoms with Crippen molar-refractivity contribution in [1.29, 1.82) is 0 Å². The van der Waals surface area contributed by atoms with Crippen LogP contribution in [0.3, 0.4) is 0 Å². The lowest BCUT2D eigenvalue weighted by atomic mass is 10.2. The van der Waals surface area contributed by atoms with Gasteiger partial charge in [0.15, 0.2) is 5.78 Å². The van der Waals surface area contributed by atoms with Crippen molar-refractivity contribution in [3.63, 3.8) is 0 Å². The van der Waals surface area contributed by atoms with Crippen molar-refractivity contribution in [3.8, 4) is 0 Å². The molecule has 80 valence electrons. The number of urea groups is 1. The summed E-state index contributed by atoms with van der Waals surface area (Å²) in [6.07, 6.45) is 0.835. The van der Waals surface area contributed by atoms with Crippen LogP contribution in [0.25, 0.3) is 0 Å². The Morgan fingerprint density at radius 2 is 2.21 bits per heavy atom. The van der Waals surface area contributed by atoms with Gasteiger partial charge < -0.3 is 15.4 Å². The smallest absolute Gasteiger partial charge is 0.315 e. The Hall–Kier alpha value is -1.10. The van der Waals surface area contributed by atoms with E-state index in [1.165, 1.54) is 6.92 Å². The molecule has 0 saturated carbocycles. The molecular weight excluding hydrogens is 184 g/mol. The molecule has 0 aromatic rings. The van der Waals surface area contributed by atoms with Crippen molar-refractivity contribution >= 4 is 11.8 Å². The fraction of sp³-hybridized carbons (Fsp3) is 0.778. The van der Waals surface area contributed by atoms with E-state index < -0.39 is 6.04 Å². The van der Waals surface area contributed by atoms with Crippen molar-refractivity contribution in [2.75, 3.05) is 13.2 Å². The van der Waals surface area contributed by atoms with E-state index in [2.05, 4.69) is 10.6 Å². The molecule has 0 aromatic heterocycles. The topological polar surface area (TPSA) is 67.4 Å². The zero-order valence-corrected chi connectivity index (χ0v) is 8.50. The lowest BCUT2D eigenvalue weighted by Crippen LogP contribution is -2.47. The predicted molar refractivity (Wildman–Crippen MR) is 51.0 cm³/mol. The van der Waals surface area contributed by atoms with E-state index in [4.69, 9.17) is 4.74 Å². The van der Waals surface area contributed by atoms with Gasteiger partial charge in [0.1, 0.15) is 0 Å². The van der Waals surface area contributed by atoms with Crippen molar-refractivity contribution in [2.24, 2.45) is 0 Å². The van der Waals surface area contributed by atoms with E-state index in [1.54, 1.807) is 6.92 Å². The minimum atomic E-state index is -0.433. The average Bonchev–Trinajstić information content (AvgIpc) is 2.56. The summed E-state index contributed by atoms with van der Waals surface area (Å²) in [6.45, 7) is 4.35. The molecule has 0 aliphatic carbocycles. The summed E-state index contributed by atoms with van der Waals surface area (Å²) in [4.78, 5) is 22.1. The van der Waals surface area contributed by atoms with Crippen LogP contribution >= 0.6 is 0 Å². The average molecular weight is 200 g/mol. The molecule has 1 fully saturated rings. The van der Waals surface area contributed by atoms with Gasteiger partial charge in [-0.25, -0.2) is 4.79 Å². The summed E-state index contributed by atoms with van der Waals surface area (Å²) >= 11 is 0. The quantitative estimate of drug-likeness (QED) is 0.676. The van der Waals surface area contributed by atoms with Crippen molar-refractivity contribution in [2.45, 2.75) is 32.4 Å². The number of ether oxygens (including phenoxy) is 1. The third-order valence-electron chi connectivity index (χ3n) is 2.22. The Balaban J connectivity index is 2.24. The van der Waals surface area contributed by atoms with Crippen LogP contribution in [-0.2, 0) is 9.53 Å². The second-order valence-corrected chi connectivity index (χ2v) is 3.51. The number of rotatable bonds is 3. The lowest BCUT2D eigenvalue weighted by Gasteiger charge is -2.14. The molecule has 2 unspecified atom stereocenters. The number of carbonyl (C=O) groups excluding carboxylic acids is 2. The van der Waals surface area contributed by atoms with Gasteiger partial charge in [-0.3, -0.25) is 4.79 Å². The standard InChI is InChI=1S/C9H16N2O3/c1-6(7(2)12)10-9(13)11-8-3-4-14-5-8/h6,8H,3-5H2,1-2H3,(H2,10,11,13). The number of nitrogens with one attached hydrogen (secondary N) is 2. The highest BCUT2D eigenvalue weighted by Crippen LogP contribution is 2.02. The van der Waals surface area contributed by atoms with Crippen molar-refractivity contribution in [1.82, 2.24) is 10.6 Å². The van der Waals surface area contributed by atoms with Crippen LogP contribution in [0, 0.1) is 0 Å². The van der Waals surface area contributed by atoms with Crippen LogP contribution < -0.4 is 10.6 Å². The molecule has 1 heterocycles. The normalized spacial score (nSPS) is 22.9. The Morgan fingerprint density at radius 3 is 2.71 bits per heavy atom. The van der Waals surface area contributed by atoms with Crippen LogP contribution in [-0.4, -0.2) is 37.1 Å². The molecule has 1 saturated heterocycles. The van der Waals surface area contributed by atoms with Gasteiger partial charge in [-0.2, -0.15) is 0 Å². The van der Waals surface area contributed by atoms with Crippen molar-refractivity contribution < 1.29 is 14.3 Å². The zero-order chi connectivity index (χ0) is 10.6. The molecule has 0 bridgehead atoms. The summed E-state index contributed by atoms with van der Waals surface area (Å²) in [5.41, 5.74) is 0. The van der Waals surface area contributed by atoms with Crippen molar-refractivity contribution in [3.05, 3.63) is 0 Å². The molecule has 0 aromatic carbocycles. The second kappa shape index (κ2) is 4.95. The largest absolute Gasteiger partial charge is 0.379 e. The van der Waals surface area contributed by atoms with Gasteiger partial charge in [0.05, 0.1) is 18.7 Å². The van der Waals surface area contributed by atoms with E-state index in [1.807, 2.05) is 0 Å². The molecule has 5 heteroatoms. The number of ketones is 1. The summed E-state index contributed by atoms with van der Waals surface area (Å²) in [5.74, 6) is -0.0529. The van der Waals surface area contributed by atoms with Gasteiger partial charge in [-0.1, -0.05) is 0 Å². The molecule has 1 aliphatic rings. The molecule has 2 atom stereocenters. The highest BCUT2D eigenvalue weighted by Gasteiger charge is 2.19. The van der Waals surface area contributed by atoms with E-state index in [-0.39, 0.29) is 17.9 Å². The fourth-order valence-corrected chi connectivity index (χ4v) is 1.17. The molecular formula is C9H16N2O3. The third kappa shape index (κ3) is 3.33. The highest BCUT2D eigenvalue weighted by molar-refractivity contribution is 5.86. The first-order valence-corrected chi connectivity index (χ1v) is 4.75. The van der Waals surface area contributed by atoms with E-state index in [9.17, 15) is 9.59 Å².